The van der Waals surface area contributed by atoms with Crippen LogP contribution in [0.25, 0.3) is 0 Å². The van der Waals surface area contributed by atoms with Crippen molar-refractivity contribution in [1.82, 2.24) is 5.32 Å². The van der Waals surface area contributed by atoms with Crippen molar-refractivity contribution in [3.05, 3.63) is 35.9 Å². The molecule has 2 amide bonds. The SMILES string of the molecule is CCCC(=O)OC[C@@H](NC(=O)OCc1ccccc1)C(N)=O. The molecule has 3 N–H and O–H groups in total. The molecular weight excluding hydrogens is 288 g/mol. The van der Waals surface area contributed by atoms with Crippen molar-refractivity contribution < 1.29 is 23.9 Å². The first kappa shape index (κ1) is 17.5. The van der Waals surface area contributed by atoms with Gasteiger partial charge < -0.3 is 20.5 Å². The minimum Gasteiger partial charge on any atom is -0.463 e. The molecule has 1 atom stereocenters. The highest BCUT2D eigenvalue weighted by molar-refractivity contribution is 5.84. The second kappa shape index (κ2) is 9.38. The second-order valence-electron chi connectivity index (χ2n) is 4.59. The smallest absolute Gasteiger partial charge is 0.408 e. The largest absolute Gasteiger partial charge is 0.463 e. The molecule has 0 saturated carbocycles. The Kier molecular flexibility index (Phi) is 7.45. The Bertz CT molecular complexity index is 504. The zero-order chi connectivity index (χ0) is 16.4. The first-order chi connectivity index (χ1) is 10.5. The molecule has 0 bridgehead atoms. The van der Waals surface area contributed by atoms with Gasteiger partial charge in [0.2, 0.25) is 5.91 Å². The van der Waals surface area contributed by atoms with E-state index in [2.05, 4.69) is 5.32 Å². The summed E-state index contributed by atoms with van der Waals surface area (Å²) in [5.74, 6) is -1.26. The lowest BCUT2D eigenvalue weighted by atomic mass is 10.2. The molecule has 120 valence electrons. The van der Waals surface area contributed by atoms with Gasteiger partial charge in [0.25, 0.3) is 0 Å². The van der Waals surface area contributed by atoms with Crippen molar-refractivity contribution in [2.24, 2.45) is 5.73 Å². The molecule has 7 nitrogen and oxygen atoms in total. The number of nitrogens with one attached hydrogen (secondary N) is 1. The van der Waals surface area contributed by atoms with Crippen LogP contribution in [-0.4, -0.2) is 30.6 Å². The lowest BCUT2D eigenvalue weighted by Crippen LogP contribution is -2.47. The van der Waals surface area contributed by atoms with Gasteiger partial charge in [-0.1, -0.05) is 37.3 Å². The van der Waals surface area contributed by atoms with Gasteiger partial charge in [0.1, 0.15) is 19.3 Å². The predicted octanol–water partition coefficient (Wildman–Crippen LogP) is 1.11. The lowest BCUT2D eigenvalue weighted by molar-refractivity contribution is -0.145. The Labute approximate surface area is 128 Å². The third-order valence-corrected chi connectivity index (χ3v) is 2.71. The van der Waals surface area contributed by atoms with Gasteiger partial charge in [0.15, 0.2) is 0 Å². The first-order valence-corrected chi connectivity index (χ1v) is 6.95. The summed E-state index contributed by atoms with van der Waals surface area (Å²) in [6.45, 7) is 1.58. The van der Waals surface area contributed by atoms with Crippen LogP contribution in [0.2, 0.25) is 0 Å². The maximum Gasteiger partial charge on any atom is 0.408 e. The zero-order valence-corrected chi connectivity index (χ0v) is 12.4. The highest BCUT2D eigenvalue weighted by Crippen LogP contribution is 2.01. The molecule has 1 aromatic carbocycles. The number of primary amides is 1. The van der Waals surface area contributed by atoms with Gasteiger partial charge in [-0.25, -0.2) is 4.79 Å². The molecule has 1 rings (SSSR count). The van der Waals surface area contributed by atoms with E-state index in [1.165, 1.54) is 0 Å². The normalized spacial score (nSPS) is 11.3. The van der Waals surface area contributed by atoms with Crippen molar-refractivity contribution in [2.75, 3.05) is 6.61 Å². The molecule has 0 aliphatic heterocycles. The summed E-state index contributed by atoms with van der Waals surface area (Å²) >= 11 is 0. The average Bonchev–Trinajstić information content (AvgIpc) is 2.50. The van der Waals surface area contributed by atoms with Crippen molar-refractivity contribution >= 4 is 18.0 Å². The molecule has 1 aromatic rings. The molecule has 0 spiro atoms. The van der Waals surface area contributed by atoms with E-state index in [1.807, 2.05) is 25.1 Å². The first-order valence-electron chi connectivity index (χ1n) is 6.95. The molecule has 0 fully saturated rings. The van der Waals surface area contributed by atoms with Crippen LogP contribution in [-0.2, 0) is 25.7 Å². The van der Waals surface area contributed by atoms with Crippen LogP contribution in [0, 0.1) is 0 Å². The second-order valence-corrected chi connectivity index (χ2v) is 4.59. The van der Waals surface area contributed by atoms with Crippen LogP contribution >= 0.6 is 0 Å². The van der Waals surface area contributed by atoms with E-state index >= 15 is 0 Å². The molecule has 0 heterocycles. The minimum absolute atomic E-state index is 0.0633. The average molecular weight is 308 g/mol. The Balaban J connectivity index is 2.40. The number of nitrogens with two attached hydrogens (primary N) is 1. The number of carbonyl (C=O) groups excluding carboxylic acids is 3. The van der Waals surface area contributed by atoms with E-state index < -0.39 is 24.0 Å². The molecule has 0 saturated heterocycles. The highest BCUT2D eigenvalue weighted by Gasteiger charge is 2.20. The summed E-state index contributed by atoms with van der Waals surface area (Å²) in [5.41, 5.74) is 5.96. The number of hydrogen-bond acceptors (Lipinski definition) is 5. The van der Waals surface area contributed by atoms with Crippen molar-refractivity contribution in [1.29, 1.82) is 0 Å². The third kappa shape index (κ3) is 6.74. The summed E-state index contributed by atoms with van der Waals surface area (Å²) in [4.78, 5) is 34.1. The van der Waals surface area contributed by atoms with E-state index in [-0.39, 0.29) is 19.6 Å². The van der Waals surface area contributed by atoms with Crippen LogP contribution < -0.4 is 11.1 Å². The van der Waals surface area contributed by atoms with Crippen LogP contribution in [0.4, 0.5) is 4.79 Å². The van der Waals surface area contributed by atoms with E-state index in [0.717, 1.165) is 5.56 Å². The lowest BCUT2D eigenvalue weighted by Gasteiger charge is -2.15. The fraction of sp³-hybridized carbons (Fsp3) is 0.400. The van der Waals surface area contributed by atoms with Crippen LogP contribution in [0.1, 0.15) is 25.3 Å². The van der Waals surface area contributed by atoms with Crippen LogP contribution in [0.3, 0.4) is 0 Å². The standard InChI is InChI=1S/C15H20N2O5/c1-2-6-13(18)21-10-12(14(16)19)17-15(20)22-9-11-7-4-3-5-8-11/h3-5,7-8,12H,2,6,9-10H2,1H3,(H2,16,19)(H,17,20)/t12-/m1/s1. The van der Waals surface area contributed by atoms with Crippen LogP contribution in [0.15, 0.2) is 30.3 Å². The Morgan fingerprint density at radius 1 is 1.18 bits per heavy atom. The van der Waals surface area contributed by atoms with Gasteiger partial charge in [-0.15, -0.1) is 0 Å². The molecule has 22 heavy (non-hydrogen) atoms. The van der Waals surface area contributed by atoms with E-state index in [1.54, 1.807) is 12.1 Å². The van der Waals surface area contributed by atoms with Crippen molar-refractivity contribution in [3.63, 3.8) is 0 Å². The maximum atomic E-state index is 11.6. The number of ether oxygens (including phenoxy) is 2. The van der Waals surface area contributed by atoms with E-state index in [9.17, 15) is 14.4 Å². The third-order valence-electron chi connectivity index (χ3n) is 2.71. The van der Waals surface area contributed by atoms with Gasteiger partial charge in [-0.2, -0.15) is 0 Å². The van der Waals surface area contributed by atoms with E-state index in [4.69, 9.17) is 15.2 Å². The van der Waals surface area contributed by atoms with E-state index in [0.29, 0.717) is 6.42 Å². The van der Waals surface area contributed by atoms with Gasteiger partial charge in [0, 0.05) is 6.42 Å². The molecule has 0 radical (unpaired) electrons. The molecule has 0 aliphatic carbocycles. The van der Waals surface area contributed by atoms with Gasteiger partial charge in [-0.3, -0.25) is 9.59 Å². The Morgan fingerprint density at radius 2 is 1.86 bits per heavy atom. The topological polar surface area (TPSA) is 108 Å². The number of hydrogen-bond donors (Lipinski definition) is 2. The number of rotatable bonds is 8. The van der Waals surface area contributed by atoms with Gasteiger partial charge >= 0.3 is 12.1 Å². The Morgan fingerprint density at radius 3 is 2.45 bits per heavy atom. The minimum atomic E-state index is -1.12. The van der Waals surface area contributed by atoms with Gasteiger partial charge in [0.05, 0.1) is 0 Å². The monoisotopic (exact) mass is 308 g/mol. The molecular formula is C15H20N2O5. The number of amides is 2. The number of alkyl carbamates (subject to hydrolysis) is 1. The zero-order valence-electron chi connectivity index (χ0n) is 12.4. The summed E-state index contributed by atoms with van der Waals surface area (Å²) < 4.78 is 9.82. The molecule has 0 aromatic heterocycles. The van der Waals surface area contributed by atoms with Crippen molar-refractivity contribution in [2.45, 2.75) is 32.4 Å². The maximum absolute atomic E-state index is 11.6. The number of carbonyl (C=O) groups is 3. The molecule has 0 unspecified atom stereocenters. The number of benzene rings is 1. The fourth-order valence-corrected chi connectivity index (χ4v) is 1.55. The quantitative estimate of drug-likeness (QED) is 0.699. The summed E-state index contributed by atoms with van der Waals surface area (Å²) in [6, 6.07) is 7.95. The fourth-order valence-electron chi connectivity index (χ4n) is 1.55. The highest BCUT2D eigenvalue weighted by atomic mass is 16.6. The Hall–Kier alpha value is -2.57. The predicted molar refractivity (Wildman–Crippen MR) is 78.6 cm³/mol. The van der Waals surface area contributed by atoms with Gasteiger partial charge in [-0.05, 0) is 12.0 Å². The summed E-state index contributed by atoms with van der Waals surface area (Å²) in [7, 11) is 0. The van der Waals surface area contributed by atoms with Crippen molar-refractivity contribution in [3.8, 4) is 0 Å². The summed E-state index contributed by atoms with van der Waals surface area (Å²) in [6.07, 6.45) is 0.0653. The summed E-state index contributed by atoms with van der Waals surface area (Å²) in [5, 5.41) is 2.27. The molecule has 0 aliphatic rings. The molecule has 7 heteroatoms. The number of esters is 1. The van der Waals surface area contributed by atoms with Crippen LogP contribution in [0.5, 0.6) is 0 Å².